The van der Waals surface area contributed by atoms with Crippen LogP contribution >= 0.6 is 11.6 Å². The van der Waals surface area contributed by atoms with Gasteiger partial charge < -0.3 is 9.73 Å². The third kappa shape index (κ3) is 5.19. The lowest BCUT2D eigenvalue weighted by molar-refractivity contribution is -0.126. The van der Waals surface area contributed by atoms with Gasteiger partial charge in [0.25, 0.3) is 0 Å². The minimum atomic E-state index is -3.65. The highest BCUT2D eigenvalue weighted by Crippen LogP contribution is 2.25. The summed E-state index contributed by atoms with van der Waals surface area (Å²) in [6.45, 7) is 0.964. The number of carbonyl (C=O) groups is 1. The van der Waals surface area contributed by atoms with Crippen molar-refractivity contribution in [2.45, 2.75) is 23.8 Å². The van der Waals surface area contributed by atoms with Crippen LogP contribution in [0.15, 0.2) is 52.0 Å². The molecule has 1 saturated heterocycles. The molecule has 2 atom stereocenters. The van der Waals surface area contributed by atoms with Crippen molar-refractivity contribution < 1.29 is 17.6 Å². The fraction of sp³-hybridized carbons (Fsp3) is 0.450. The normalized spacial score (nSPS) is 19.2. The van der Waals surface area contributed by atoms with E-state index in [2.05, 4.69) is 5.32 Å². The van der Waals surface area contributed by atoms with Crippen LogP contribution in [0.2, 0.25) is 5.02 Å². The second-order valence-corrected chi connectivity index (χ2v) is 9.77. The first-order chi connectivity index (χ1) is 13.8. The SMILES string of the molecule is CN(C)C(CNC(=O)C1CCCN(S(=O)(=O)c2ccc(Cl)cc2)C1)c1ccco1. The maximum Gasteiger partial charge on any atom is 0.243 e. The first-order valence-electron chi connectivity index (χ1n) is 9.52. The van der Waals surface area contributed by atoms with Crippen molar-refractivity contribution in [2.75, 3.05) is 33.7 Å². The average Bonchev–Trinajstić information content (AvgIpc) is 3.22. The summed E-state index contributed by atoms with van der Waals surface area (Å²) in [5.41, 5.74) is 0. The van der Waals surface area contributed by atoms with Gasteiger partial charge >= 0.3 is 0 Å². The van der Waals surface area contributed by atoms with E-state index in [1.807, 2.05) is 31.1 Å². The molecule has 1 N–H and O–H groups in total. The summed E-state index contributed by atoms with van der Waals surface area (Å²) in [6.07, 6.45) is 2.90. The molecular weight excluding hydrogens is 414 g/mol. The molecule has 9 heteroatoms. The van der Waals surface area contributed by atoms with Crippen LogP contribution < -0.4 is 5.32 Å². The van der Waals surface area contributed by atoms with E-state index in [-0.39, 0.29) is 29.3 Å². The van der Waals surface area contributed by atoms with Crippen LogP contribution in [0.4, 0.5) is 0 Å². The Morgan fingerprint density at radius 1 is 1.31 bits per heavy atom. The van der Waals surface area contributed by atoms with Crippen molar-refractivity contribution in [3.8, 4) is 0 Å². The van der Waals surface area contributed by atoms with Gasteiger partial charge in [0, 0.05) is 24.7 Å². The zero-order chi connectivity index (χ0) is 21.0. The first-order valence-corrected chi connectivity index (χ1v) is 11.3. The van der Waals surface area contributed by atoms with Crippen LogP contribution in [0.3, 0.4) is 0 Å². The highest BCUT2D eigenvalue weighted by atomic mass is 35.5. The van der Waals surface area contributed by atoms with Gasteiger partial charge in [0.15, 0.2) is 0 Å². The Hall–Kier alpha value is -1.87. The van der Waals surface area contributed by atoms with Crippen molar-refractivity contribution in [1.82, 2.24) is 14.5 Å². The minimum Gasteiger partial charge on any atom is -0.468 e. The van der Waals surface area contributed by atoms with Gasteiger partial charge in [-0.25, -0.2) is 8.42 Å². The Bertz CT molecular complexity index is 914. The average molecular weight is 440 g/mol. The van der Waals surface area contributed by atoms with Crippen molar-refractivity contribution in [1.29, 1.82) is 0 Å². The molecule has 1 fully saturated rings. The summed E-state index contributed by atoms with van der Waals surface area (Å²) in [7, 11) is 0.180. The Kier molecular flexibility index (Phi) is 7.00. The molecular formula is C20H26ClN3O4S. The lowest BCUT2D eigenvalue weighted by Gasteiger charge is -2.32. The summed E-state index contributed by atoms with van der Waals surface area (Å²) in [5.74, 6) is 0.246. The molecule has 7 nitrogen and oxygen atoms in total. The quantitative estimate of drug-likeness (QED) is 0.717. The van der Waals surface area contributed by atoms with Crippen molar-refractivity contribution >= 4 is 27.5 Å². The second-order valence-electron chi connectivity index (χ2n) is 7.40. The number of hydrogen-bond donors (Lipinski definition) is 1. The van der Waals surface area contributed by atoms with E-state index in [4.69, 9.17) is 16.0 Å². The smallest absolute Gasteiger partial charge is 0.243 e. The minimum absolute atomic E-state index is 0.0913. The number of furan rings is 1. The van der Waals surface area contributed by atoms with Crippen molar-refractivity contribution in [3.63, 3.8) is 0 Å². The molecule has 1 aromatic heterocycles. The number of nitrogens with zero attached hydrogens (tertiary/aromatic N) is 2. The van der Waals surface area contributed by atoms with Gasteiger partial charge in [-0.2, -0.15) is 4.31 Å². The van der Waals surface area contributed by atoms with Crippen LogP contribution in [0, 0.1) is 5.92 Å². The predicted molar refractivity (Wildman–Crippen MR) is 111 cm³/mol. The zero-order valence-corrected chi connectivity index (χ0v) is 18.1. The van der Waals surface area contributed by atoms with Crippen LogP contribution in [0.5, 0.6) is 0 Å². The van der Waals surface area contributed by atoms with Gasteiger partial charge in [-0.3, -0.25) is 9.69 Å². The summed E-state index contributed by atoms with van der Waals surface area (Å²) < 4.78 is 32.7. The van der Waals surface area contributed by atoms with E-state index in [1.54, 1.807) is 18.4 Å². The maximum absolute atomic E-state index is 12.9. The molecule has 0 saturated carbocycles. The number of carbonyl (C=O) groups excluding carboxylic acids is 1. The van der Waals surface area contributed by atoms with E-state index in [0.29, 0.717) is 31.0 Å². The van der Waals surface area contributed by atoms with Gasteiger partial charge in [0.05, 0.1) is 23.1 Å². The number of nitrogens with one attached hydrogen (secondary N) is 1. The highest BCUT2D eigenvalue weighted by molar-refractivity contribution is 7.89. The van der Waals surface area contributed by atoms with E-state index in [0.717, 1.165) is 5.76 Å². The fourth-order valence-corrected chi connectivity index (χ4v) is 5.14. The molecule has 2 unspecified atom stereocenters. The Labute approximate surface area is 176 Å². The van der Waals surface area contributed by atoms with Crippen molar-refractivity contribution in [2.24, 2.45) is 5.92 Å². The topological polar surface area (TPSA) is 82.9 Å². The number of likely N-dealkylation sites (N-methyl/N-ethyl adjacent to an activating group) is 1. The molecule has 0 spiro atoms. The van der Waals surface area contributed by atoms with Crippen LogP contribution in [0.1, 0.15) is 24.6 Å². The van der Waals surface area contributed by atoms with Gasteiger partial charge in [0.2, 0.25) is 15.9 Å². The zero-order valence-electron chi connectivity index (χ0n) is 16.5. The van der Waals surface area contributed by atoms with Gasteiger partial charge in [-0.15, -0.1) is 0 Å². The third-order valence-electron chi connectivity index (χ3n) is 5.17. The van der Waals surface area contributed by atoms with Crippen LogP contribution in [-0.2, 0) is 14.8 Å². The lowest BCUT2D eigenvalue weighted by atomic mass is 9.98. The monoisotopic (exact) mass is 439 g/mol. The van der Waals surface area contributed by atoms with Gasteiger partial charge in [0.1, 0.15) is 5.76 Å². The van der Waals surface area contributed by atoms with E-state index in [1.165, 1.54) is 16.4 Å². The summed E-state index contributed by atoms with van der Waals surface area (Å²) >= 11 is 5.86. The van der Waals surface area contributed by atoms with E-state index in [9.17, 15) is 13.2 Å². The molecule has 1 aromatic carbocycles. The molecule has 158 valence electrons. The summed E-state index contributed by atoms with van der Waals surface area (Å²) in [5, 5.41) is 3.44. The lowest BCUT2D eigenvalue weighted by Crippen LogP contribution is -2.46. The standard InChI is InChI=1S/C20H26ClN3O4S/c1-23(2)18(19-6-4-12-28-19)13-22-20(25)15-5-3-11-24(14-15)29(26,27)17-9-7-16(21)8-10-17/h4,6-10,12,15,18H,3,5,11,13-14H2,1-2H3,(H,22,25). The maximum atomic E-state index is 12.9. The Morgan fingerprint density at radius 2 is 2.03 bits per heavy atom. The Balaban J connectivity index is 1.64. The number of halogens is 1. The second kappa shape index (κ2) is 9.30. The number of rotatable bonds is 7. The number of hydrogen-bond acceptors (Lipinski definition) is 5. The molecule has 1 aliphatic rings. The molecule has 3 rings (SSSR count). The molecule has 2 aromatic rings. The number of sulfonamides is 1. The number of piperidine rings is 1. The van der Waals surface area contributed by atoms with Gasteiger partial charge in [-0.05, 0) is 63.3 Å². The van der Waals surface area contributed by atoms with Crippen LogP contribution in [0.25, 0.3) is 0 Å². The highest BCUT2D eigenvalue weighted by Gasteiger charge is 2.33. The predicted octanol–water partition coefficient (Wildman–Crippen LogP) is 2.75. The van der Waals surface area contributed by atoms with Crippen molar-refractivity contribution in [3.05, 3.63) is 53.4 Å². The molecule has 0 bridgehead atoms. The number of benzene rings is 1. The largest absolute Gasteiger partial charge is 0.468 e. The first kappa shape index (κ1) is 21.8. The summed E-state index contributed by atoms with van der Waals surface area (Å²) in [4.78, 5) is 14.9. The third-order valence-corrected chi connectivity index (χ3v) is 7.30. The molecule has 0 aliphatic carbocycles. The van der Waals surface area contributed by atoms with Crippen LogP contribution in [-0.4, -0.2) is 57.3 Å². The molecule has 1 aliphatic heterocycles. The Morgan fingerprint density at radius 3 is 2.66 bits per heavy atom. The number of amides is 1. The van der Waals surface area contributed by atoms with E-state index >= 15 is 0 Å². The molecule has 0 radical (unpaired) electrons. The molecule has 2 heterocycles. The molecule has 29 heavy (non-hydrogen) atoms. The van der Waals surface area contributed by atoms with Gasteiger partial charge in [-0.1, -0.05) is 11.6 Å². The van der Waals surface area contributed by atoms with E-state index < -0.39 is 10.0 Å². The fourth-order valence-electron chi connectivity index (χ4n) is 3.49. The summed E-state index contributed by atoms with van der Waals surface area (Å²) in [6, 6.07) is 9.69. The molecule has 1 amide bonds.